The molecule has 0 spiro atoms. The summed E-state index contributed by atoms with van der Waals surface area (Å²) >= 11 is 0. The van der Waals surface area contributed by atoms with Crippen molar-refractivity contribution in [1.82, 2.24) is 4.41 Å². The first-order valence-electron chi connectivity index (χ1n) is 3.70. The molecule has 0 N–H and O–H groups in total. The van der Waals surface area contributed by atoms with Crippen LogP contribution >= 0.6 is 0 Å². The van der Waals surface area contributed by atoms with E-state index in [0.29, 0.717) is 0 Å². The minimum absolute atomic E-state index is 0. The van der Waals surface area contributed by atoms with Gasteiger partial charge >= 0.3 is 5.91 Å². The number of sulfonamides is 1. The number of rotatable bonds is 1. The maximum atomic E-state index is 11.5. The zero-order chi connectivity index (χ0) is 11.2. The van der Waals surface area contributed by atoms with E-state index in [0.717, 1.165) is 6.07 Å². The van der Waals surface area contributed by atoms with Gasteiger partial charge in [-0.3, -0.25) is 4.79 Å². The van der Waals surface area contributed by atoms with Crippen molar-refractivity contribution in [3.63, 3.8) is 0 Å². The fourth-order valence-corrected chi connectivity index (χ4v) is 2.60. The molecular formula is C7H3N2O5SY-. The Balaban J connectivity index is 0.00000128. The Morgan fingerprint density at radius 2 is 2.06 bits per heavy atom. The Hall–Kier alpha value is -0.856. The van der Waals surface area contributed by atoms with Crippen molar-refractivity contribution in [2.75, 3.05) is 0 Å². The van der Waals surface area contributed by atoms with E-state index in [1.165, 1.54) is 12.1 Å². The number of nitrogens with zero attached hydrogens (tertiary/aromatic N) is 2. The van der Waals surface area contributed by atoms with Gasteiger partial charge in [-0.05, 0) is 10.5 Å². The first-order valence-corrected chi connectivity index (χ1v) is 5.14. The second-order valence-corrected chi connectivity index (χ2v) is 4.45. The van der Waals surface area contributed by atoms with E-state index in [4.69, 9.17) is 0 Å². The summed E-state index contributed by atoms with van der Waals surface area (Å²) in [6, 6.07) is 5.98. The van der Waals surface area contributed by atoms with Crippen molar-refractivity contribution in [3.05, 3.63) is 39.9 Å². The van der Waals surface area contributed by atoms with Crippen LogP contribution in [-0.2, 0) is 42.7 Å². The van der Waals surface area contributed by atoms with Crippen LogP contribution < -0.4 is 0 Å². The van der Waals surface area contributed by atoms with Crippen LogP contribution in [0.2, 0.25) is 0 Å². The van der Waals surface area contributed by atoms with Gasteiger partial charge in [-0.2, -0.15) is 24.3 Å². The van der Waals surface area contributed by atoms with Crippen LogP contribution in [0.15, 0.2) is 23.1 Å². The normalized spacial score (nSPS) is 16.5. The van der Waals surface area contributed by atoms with Gasteiger partial charge in [-0.15, -0.1) is 0 Å². The van der Waals surface area contributed by atoms with E-state index in [-0.39, 0.29) is 47.6 Å². The van der Waals surface area contributed by atoms with Crippen LogP contribution in [0, 0.1) is 16.2 Å². The standard InChI is InChI=1S/C7H3N2O5S.Y/c10-7-5-3-1-2-4-6(5)15(13,14)8(7)9(11)12;/h1,3-4H;/q-1;. The summed E-state index contributed by atoms with van der Waals surface area (Å²) in [6.45, 7) is 0. The van der Waals surface area contributed by atoms with Crippen LogP contribution in [0.4, 0.5) is 0 Å². The predicted molar refractivity (Wildman–Crippen MR) is 45.6 cm³/mol. The van der Waals surface area contributed by atoms with Gasteiger partial charge < -0.3 is 0 Å². The largest absolute Gasteiger partial charge is 0.309 e. The first-order chi connectivity index (χ1) is 6.96. The molecule has 0 bridgehead atoms. The van der Waals surface area contributed by atoms with Gasteiger partial charge in [0.15, 0.2) is 5.03 Å². The Labute approximate surface area is 115 Å². The van der Waals surface area contributed by atoms with E-state index >= 15 is 0 Å². The Morgan fingerprint density at radius 3 is 2.56 bits per heavy atom. The van der Waals surface area contributed by atoms with Crippen molar-refractivity contribution in [1.29, 1.82) is 0 Å². The molecule has 1 aromatic rings. The van der Waals surface area contributed by atoms with Gasteiger partial charge in [0.1, 0.15) is 0 Å². The van der Waals surface area contributed by atoms with E-state index in [2.05, 4.69) is 6.07 Å². The van der Waals surface area contributed by atoms with Gasteiger partial charge in [-0.1, -0.05) is 0 Å². The van der Waals surface area contributed by atoms with Gasteiger partial charge in [0.05, 0.1) is 4.41 Å². The molecule has 1 radical (unpaired) electrons. The summed E-state index contributed by atoms with van der Waals surface area (Å²) in [6.07, 6.45) is 0. The molecule has 0 unspecified atom stereocenters. The summed E-state index contributed by atoms with van der Waals surface area (Å²) in [5.74, 6) is -1.15. The fourth-order valence-electron chi connectivity index (χ4n) is 1.27. The molecule has 0 fully saturated rings. The molecule has 2 rings (SSSR count). The predicted octanol–water partition coefficient (Wildman–Crippen LogP) is -0.180. The molecule has 0 atom stereocenters. The number of carbonyl (C=O) groups is 1. The van der Waals surface area contributed by atoms with Crippen molar-refractivity contribution < 1.29 is 51.0 Å². The second kappa shape index (κ2) is 4.19. The van der Waals surface area contributed by atoms with E-state index < -0.39 is 21.0 Å². The Morgan fingerprint density at radius 1 is 1.44 bits per heavy atom. The molecule has 1 aliphatic heterocycles. The summed E-state index contributed by atoms with van der Waals surface area (Å²) in [5, 5.41) is 9.17. The van der Waals surface area contributed by atoms with Crippen LogP contribution in [0.3, 0.4) is 0 Å². The molecule has 1 aliphatic rings. The van der Waals surface area contributed by atoms with Gasteiger partial charge in [0.25, 0.3) is 10.0 Å². The number of hydrazine groups is 1. The van der Waals surface area contributed by atoms with Crippen molar-refractivity contribution in [2.45, 2.75) is 4.90 Å². The topological polar surface area (TPSA) is 97.6 Å². The molecule has 1 amide bonds. The first kappa shape index (κ1) is 13.2. The quantitative estimate of drug-likeness (QED) is 0.407. The molecule has 1 aromatic carbocycles. The number of hydrogen-bond donors (Lipinski definition) is 0. The van der Waals surface area contributed by atoms with Gasteiger partial charge in [0, 0.05) is 32.7 Å². The molecule has 1 heterocycles. The summed E-state index contributed by atoms with van der Waals surface area (Å²) in [5.41, 5.74) is -0.203. The smallest absolute Gasteiger partial charge is 0.264 e. The fraction of sp³-hybridized carbons (Fsp3) is 0. The minimum atomic E-state index is -4.34. The number of carbonyl (C=O) groups excluding carboxylic acids is 1. The molecule has 7 nitrogen and oxygen atoms in total. The maximum Gasteiger partial charge on any atom is 0.309 e. The molecule has 81 valence electrons. The molecule has 9 heteroatoms. The van der Waals surface area contributed by atoms with E-state index in [1.807, 2.05) is 0 Å². The van der Waals surface area contributed by atoms with Crippen molar-refractivity contribution in [2.24, 2.45) is 0 Å². The molecule has 0 aromatic heterocycles. The number of hydrogen-bond acceptors (Lipinski definition) is 5. The molecule has 16 heavy (non-hydrogen) atoms. The molecule has 0 aliphatic carbocycles. The SMILES string of the molecule is O=C1c2cc[c-]cc2S(=O)(=O)N1[N+](=O)[O-].[Y]. The van der Waals surface area contributed by atoms with Crippen LogP contribution in [0.1, 0.15) is 10.4 Å². The van der Waals surface area contributed by atoms with Crippen LogP contribution in [-0.4, -0.2) is 23.8 Å². The molecule has 0 saturated heterocycles. The third kappa shape index (κ3) is 1.66. The van der Waals surface area contributed by atoms with E-state index in [1.54, 1.807) is 0 Å². The zero-order valence-electron chi connectivity index (χ0n) is 7.65. The zero-order valence-corrected chi connectivity index (χ0v) is 11.3. The van der Waals surface area contributed by atoms with E-state index in [9.17, 15) is 23.3 Å². The third-order valence-corrected chi connectivity index (χ3v) is 3.53. The van der Waals surface area contributed by atoms with Crippen LogP contribution in [0.5, 0.6) is 0 Å². The molecule has 0 saturated carbocycles. The van der Waals surface area contributed by atoms with Gasteiger partial charge in [0.2, 0.25) is 0 Å². The van der Waals surface area contributed by atoms with Crippen molar-refractivity contribution >= 4 is 15.9 Å². The third-order valence-electron chi connectivity index (χ3n) is 1.88. The summed E-state index contributed by atoms with van der Waals surface area (Å²) in [4.78, 5) is 21.4. The van der Waals surface area contributed by atoms with Gasteiger partial charge in [-0.25, -0.2) is 18.5 Å². The monoisotopic (exact) mass is 316 g/mol. The van der Waals surface area contributed by atoms with Crippen molar-refractivity contribution in [3.8, 4) is 0 Å². The minimum Gasteiger partial charge on any atom is -0.264 e. The maximum absolute atomic E-state index is 11.5. The number of fused-ring (bicyclic) bond motifs is 1. The average Bonchev–Trinajstić information content (AvgIpc) is 2.36. The second-order valence-electron chi connectivity index (χ2n) is 2.71. The molecular weight excluding hydrogens is 313 g/mol. The Kier molecular flexibility index (Phi) is 3.46. The summed E-state index contributed by atoms with van der Waals surface area (Å²) < 4.78 is 22.6. The van der Waals surface area contributed by atoms with Crippen LogP contribution in [0.25, 0.3) is 0 Å². The average molecular weight is 316 g/mol. The summed E-state index contributed by atoms with van der Waals surface area (Å²) in [7, 11) is -4.34. The Bertz CT molecular complexity index is 570. The number of amides is 1. The number of nitro groups is 1. The number of benzene rings is 1.